The van der Waals surface area contributed by atoms with E-state index in [1.807, 2.05) is 12.3 Å². The van der Waals surface area contributed by atoms with Crippen LogP contribution in [-0.2, 0) is 6.54 Å². The third-order valence-electron chi connectivity index (χ3n) is 1.74. The van der Waals surface area contributed by atoms with Crippen LogP contribution in [-0.4, -0.2) is 22.3 Å². The van der Waals surface area contributed by atoms with E-state index in [2.05, 4.69) is 10.3 Å². The first kappa shape index (κ1) is 11.2. The second kappa shape index (κ2) is 5.15. The summed E-state index contributed by atoms with van der Waals surface area (Å²) in [5.74, 6) is 1.00. The molecule has 0 aliphatic carbocycles. The fraction of sp³-hybridized carbons (Fsp3) is 0.625. The van der Waals surface area contributed by atoms with Crippen LogP contribution in [0.4, 0.5) is 0 Å². The maximum atomic E-state index is 5.79. The van der Waals surface area contributed by atoms with Crippen molar-refractivity contribution in [3.05, 3.63) is 16.6 Å². The monoisotopic (exact) mass is 238 g/mol. The van der Waals surface area contributed by atoms with E-state index in [0.717, 1.165) is 11.6 Å². The summed E-state index contributed by atoms with van der Waals surface area (Å²) in [5.41, 5.74) is -0.200. The standard InChI is InChI=1S/C8H12Cl2N2S/c1-8(5-9,6-10)12-4-7-11-2-3-13-7/h2-3,12H,4-6H2,1H3. The third kappa shape index (κ3) is 3.43. The van der Waals surface area contributed by atoms with E-state index in [0.29, 0.717) is 11.8 Å². The van der Waals surface area contributed by atoms with E-state index < -0.39 is 0 Å². The first-order valence-electron chi connectivity index (χ1n) is 3.95. The number of alkyl halides is 2. The van der Waals surface area contributed by atoms with Crippen LogP contribution in [0.5, 0.6) is 0 Å². The summed E-state index contributed by atoms with van der Waals surface area (Å²) in [5, 5.41) is 6.29. The molecule has 0 bridgehead atoms. The zero-order valence-corrected chi connectivity index (χ0v) is 9.72. The minimum Gasteiger partial charge on any atom is -0.303 e. The normalized spacial score (nSPS) is 11.9. The van der Waals surface area contributed by atoms with E-state index in [9.17, 15) is 0 Å². The van der Waals surface area contributed by atoms with Crippen molar-refractivity contribution in [2.45, 2.75) is 19.0 Å². The molecule has 0 saturated heterocycles. The van der Waals surface area contributed by atoms with Crippen molar-refractivity contribution in [2.75, 3.05) is 11.8 Å². The van der Waals surface area contributed by atoms with Gasteiger partial charge in [-0.2, -0.15) is 0 Å². The molecule has 74 valence electrons. The summed E-state index contributed by atoms with van der Waals surface area (Å²) in [4.78, 5) is 4.16. The summed E-state index contributed by atoms with van der Waals surface area (Å²) < 4.78 is 0. The molecule has 0 fully saturated rings. The van der Waals surface area contributed by atoms with Gasteiger partial charge < -0.3 is 5.32 Å². The minimum absolute atomic E-state index is 0.200. The van der Waals surface area contributed by atoms with Gasteiger partial charge in [0.25, 0.3) is 0 Å². The maximum Gasteiger partial charge on any atom is 0.106 e. The number of hydrogen-bond donors (Lipinski definition) is 1. The van der Waals surface area contributed by atoms with Gasteiger partial charge in [0.15, 0.2) is 0 Å². The van der Waals surface area contributed by atoms with Crippen molar-refractivity contribution in [1.82, 2.24) is 10.3 Å². The Balaban J connectivity index is 2.41. The van der Waals surface area contributed by atoms with Gasteiger partial charge in [-0.05, 0) is 6.92 Å². The number of nitrogens with zero attached hydrogens (tertiary/aromatic N) is 1. The molecule has 13 heavy (non-hydrogen) atoms. The smallest absolute Gasteiger partial charge is 0.106 e. The predicted molar refractivity (Wildman–Crippen MR) is 58.8 cm³/mol. The minimum atomic E-state index is -0.200. The van der Waals surface area contributed by atoms with Crippen LogP contribution in [0.2, 0.25) is 0 Å². The second-order valence-corrected chi connectivity index (χ2v) is 4.62. The summed E-state index contributed by atoms with van der Waals surface area (Å²) in [6.07, 6.45) is 1.79. The van der Waals surface area contributed by atoms with Crippen molar-refractivity contribution in [2.24, 2.45) is 0 Å². The maximum absolute atomic E-state index is 5.79. The van der Waals surface area contributed by atoms with Gasteiger partial charge in [0, 0.05) is 35.4 Å². The SMILES string of the molecule is CC(CCl)(CCl)NCc1nccs1. The number of nitrogens with one attached hydrogen (secondary N) is 1. The Bertz CT molecular complexity index is 234. The Labute approximate surface area is 92.3 Å². The first-order chi connectivity index (χ1) is 6.20. The quantitative estimate of drug-likeness (QED) is 0.798. The highest BCUT2D eigenvalue weighted by Crippen LogP contribution is 2.11. The van der Waals surface area contributed by atoms with Gasteiger partial charge in [-0.3, -0.25) is 0 Å². The molecule has 0 spiro atoms. The molecule has 0 aliphatic heterocycles. The van der Waals surface area contributed by atoms with Crippen molar-refractivity contribution in [1.29, 1.82) is 0 Å². The molecule has 0 aliphatic rings. The molecular weight excluding hydrogens is 227 g/mol. The van der Waals surface area contributed by atoms with Crippen molar-refractivity contribution >= 4 is 34.5 Å². The first-order valence-corrected chi connectivity index (χ1v) is 5.90. The summed E-state index contributed by atoms with van der Waals surface area (Å²) in [6.45, 7) is 2.73. The van der Waals surface area contributed by atoms with Gasteiger partial charge in [0.05, 0.1) is 0 Å². The van der Waals surface area contributed by atoms with Crippen LogP contribution in [0.1, 0.15) is 11.9 Å². The zero-order valence-electron chi connectivity index (χ0n) is 7.39. The van der Waals surface area contributed by atoms with Gasteiger partial charge in [-0.25, -0.2) is 4.98 Å². The van der Waals surface area contributed by atoms with Gasteiger partial charge in [-0.15, -0.1) is 34.5 Å². The number of hydrogen-bond acceptors (Lipinski definition) is 3. The fourth-order valence-corrected chi connectivity index (χ4v) is 1.79. The van der Waals surface area contributed by atoms with Gasteiger partial charge in [-0.1, -0.05) is 0 Å². The van der Waals surface area contributed by atoms with E-state index in [-0.39, 0.29) is 5.54 Å². The predicted octanol–water partition coefficient (Wildman–Crippen LogP) is 2.47. The van der Waals surface area contributed by atoms with Gasteiger partial charge >= 0.3 is 0 Å². The Morgan fingerprint density at radius 2 is 2.23 bits per heavy atom. The molecule has 0 aromatic carbocycles. The van der Waals surface area contributed by atoms with E-state index in [1.165, 1.54) is 0 Å². The van der Waals surface area contributed by atoms with Crippen LogP contribution in [0, 0.1) is 0 Å². The Kier molecular flexibility index (Phi) is 4.46. The summed E-state index contributed by atoms with van der Waals surface area (Å²) in [6, 6.07) is 0. The number of thiazole rings is 1. The fourth-order valence-electron chi connectivity index (χ4n) is 0.759. The van der Waals surface area contributed by atoms with Crippen LogP contribution < -0.4 is 5.32 Å². The molecule has 0 unspecified atom stereocenters. The highest BCUT2D eigenvalue weighted by molar-refractivity contribution is 7.09. The van der Waals surface area contributed by atoms with E-state index in [4.69, 9.17) is 23.2 Å². The summed E-state index contributed by atoms with van der Waals surface area (Å²) in [7, 11) is 0. The molecule has 5 heteroatoms. The number of aromatic nitrogens is 1. The van der Waals surface area contributed by atoms with Crippen LogP contribution in [0.3, 0.4) is 0 Å². The molecule has 1 aromatic rings. The van der Waals surface area contributed by atoms with Crippen molar-refractivity contribution in [3.63, 3.8) is 0 Å². The molecule has 2 nitrogen and oxygen atoms in total. The molecule has 1 rings (SSSR count). The Morgan fingerprint density at radius 1 is 1.54 bits per heavy atom. The molecular formula is C8H12Cl2N2S. The average Bonchev–Trinajstić information content (AvgIpc) is 2.67. The lowest BCUT2D eigenvalue weighted by atomic mass is 10.1. The van der Waals surface area contributed by atoms with Crippen molar-refractivity contribution in [3.8, 4) is 0 Å². The molecule has 0 saturated carbocycles. The third-order valence-corrected chi connectivity index (χ3v) is 3.70. The van der Waals surface area contributed by atoms with E-state index >= 15 is 0 Å². The van der Waals surface area contributed by atoms with Crippen LogP contribution >= 0.6 is 34.5 Å². The topological polar surface area (TPSA) is 24.9 Å². The van der Waals surface area contributed by atoms with Gasteiger partial charge in [0.2, 0.25) is 0 Å². The Hall–Kier alpha value is 0.170. The highest BCUT2D eigenvalue weighted by atomic mass is 35.5. The Morgan fingerprint density at radius 3 is 2.69 bits per heavy atom. The summed E-state index contributed by atoms with van der Waals surface area (Å²) >= 11 is 13.2. The molecule has 0 atom stereocenters. The molecule has 0 radical (unpaired) electrons. The molecule has 1 heterocycles. The lowest BCUT2D eigenvalue weighted by Crippen LogP contribution is -2.45. The van der Waals surface area contributed by atoms with Gasteiger partial charge in [0.1, 0.15) is 5.01 Å². The molecule has 0 amide bonds. The molecule has 1 N–H and O–H groups in total. The zero-order chi connectivity index (χ0) is 9.73. The van der Waals surface area contributed by atoms with E-state index in [1.54, 1.807) is 17.5 Å². The lowest BCUT2D eigenvalue weighted by Gasteiger charge is -2.25. The van der Waals surface area contributed by atoms with Crippen molar-refractivity contribution < 1.29 is 0 Å². The number of halogens is 2. The largest absolute Gasteiger partial charge is 0.303 e. The van der Waals surface area contributed by atoms with Crippen LogP contribution in [0.15, 0.2) is 11.6 Å². The lowest BCUT2D eigenvalue weighted by molar-refractivity contribution is 0.434. The molecule has 1 aromatic heterocycles. The van der Waals surface area contributed by atoms with Crippen LogP contribution in [0.25, 0.3) is 0 Å². The average molecular weight is 239 g/mol. The highest BCUT2D eigenvalue weighted by Gasteiger charge is 2.21. The second-order valence-electron chi connectivity index (χ2n) is 3.11. The number of rotatable bonds is 5.